The Morgan fingerprint density at radius 1 is 1.35 bits per heavy atom. The summed E-state index contributed by atoms with van der Waals surface area (Å²) in [4.78, 5) is 6.35. The summed E-state index contributed by atoms with van der Waals surface area (Å²) in [6, 6.07) is 0. The van der Waals surface area contributed by atoms with Crippen molar-refractivity contribution in [3.05, 3.63) is 0 Å². The van der Waals surface area contributed by atoms with E-state index < -0.39 is 9.84 Å². The van der Waals surface area contributed by atoms with E-state index in [1.54, 1.807) is 0 Å². The summed E-state index contributed by atoms with van der Waals surface area (Å²) >= 11 is 0. The van der Waals surface area contributed by atoms with Gasteiger partial charge in [-0.05, 0) is 18.8 Å². The van der Waals surface area contributed by atoms with Gasteiger partial charge in [0.2, 0.25) is 0 Å². The van der Waals surface area contributed by atoms with E-state index in [4.69, 9.17) is 10.5 Å². The number of aliphatic imine (C=N–C) groups is 1. The van der Waals surface area contributed by atoms with Crippen LogP contribution in [0.2, 0.25) is 0 Å². The number of likely N-dealkylation sites (tertiary alicyclic amines) is 1. The van der Waals surface area contributed by atoms with Crippen LogP contribution in [0.25, 0.3) is 0 Å². The van der Waals surface area contributed by atoms with Gasteiger partial charge < -0.3 is 15.4 Å². The van der Waals surface area contributed by atoms with Crippen molar-refractivity contribution < 1.29 is 13.2 Å². The molecule has 0 amide bonds. The summed E-state index contributed by atoms with van der Waals surface area (Å²) < 4.78 is 26.9. The Kier molecular flexibility index (Phi) is 9.73. The molecule has 8 heteroatoms. The van der Waals surface area contributed by atoms with E-state index in [2.05, 4.69) is 16.8 Å². The van der Waals surface area contributed by atoms with E-state index in [9.17, 15) is 8.42 Å². The van der Waals surface area contributed by atoms with E-state index >= 15 is 0 Å². The van der Waals surface area contributed by atoms with Crippen LogP contribution in [0.1, 0.15) is 19.8 Å². The SMILES string of the molecule is CC1CCN(C(N)=NCCOCCS(C)(=O)=O)CC1.I. The van der Waals surface area contributed by atoms with Crippen LogP contribution in [0.15, 0.2) is 4.99 Å². The third-order valence-electron chi connectivity index (χ3n) is 3.22. The molecule has 2 N–H and O–H groups in total. The molecular weight excluding hydrogens is 393 g/mol. The average molecular weight is 419 g/mol. The monoisotopic (exact) mass is 419 g/mol. The van der Waals surface area contributed by atoms with Gasteiger partial charge in [-0.25, -0.2) is 8.42 Å². The number of piperidine rings is 1. The second-order valence-corrected chi connectivity index (χ2v) is 7.41. The highest BCUT2D eigenvalue weighted by molar-refractivity contribution is 14.0. The molecule has 1 aliphatic heterocycles. The lowest BCUT2D eigenvalue weighted by molar-refractivity contribution is 0.157. The third-order valence-corrected chi connectivity index (χ3v) is 4.12. The van der Waals surface area contributed by atoms with Crippen LogP contribution in [0.3, 0.4) is 0 Å². The second kappa shape index (κ2) is 9.78. The van der Waals surface area contributed by atoms with Gasteiger partial charge in [-0.1, -0.05) is 6.92 Å². The summed E-state index contributed by atoms with van der Waals surface area (Å²) in [5, 5.41) is 0. The lowest BCUT2D eigenvalue weighted by atomic mass is 10.00. The Morgan fingerprint density at radius 3 is 2.50 bits per heavy atom. The van der Waals surface area contributed by atoms with Gasteiger partial charge in [0.1, 0.15) is 9.84 Å². The van der Waals surface area contributed by atoms with Gasteiger partial charge in [-0.15, -0.1) is 24.0 Å². The van der Waals surface area contributed by atoms with Crippen molar-refractivity contribution in [1.82, 2.24) is 4.90 Å². The molecule has 0 aromatic heterocycles. The first kappa shape index (κ1) is 19.9. The molecule has 6 nitrogen and oxygen atoms in total. The van der Waals surface area contributed by atoms with Gasteiger partial charge in [0.25, 0.3) is 0 Å². The minimum Gasteiger partial charge on any atom is -0.378 e. The molecule has 0 aromatic carbocycles. The predicted octanol–water partition coefficient (Wildman–Crippen LogP) is 0.712. The van der Waals surface area contributed by atoms with Crippen molar-refractivity contribution in [1.29, 1.82) is 0 Å². The molecule has 20 heavy (non-hydrogen) atoms. The fourth-order valence-electron chi connectivity index (χ4n) is 1.87. The molecule has 1 rings (SSSR count). The molecule has 0 radical (unpaired) electrons. The zero-order valence-electron chi connectivity index (χ0n) is 12.2. The molecule has 1 fully saturated rings. The number of guanidine groups is 1. The molecule has 120 valence electrons. The first-order valence-electron chi connectivity index (χ1n) is 6.69. The first-order chi connectivity index (χ1) is 8.88. The van der Waals surface area contributed by atoms with Gasteiger partial charge in [-0.2, -0.15) is 0 Å². The molecule has 0 saturated carbocycles. The summed E-state index contributed by atoms with van der Waals surface area (Å²) in [6.07, 6.45) is 3.51. The van der Waals surface area contributed by atoms with Gasteiger partial charge in [-0.3, -0.25) is 4.99 Å². The minimum absolute atomic E-state index is 0. The Balaban J connectivity index is 0.00000361. The quantitative estimate of drug-likeness (QED) is 0.297. The smallest absolute Gasteiger partial charge is 0.191 e. The van der Waals surface area contributed by atoms with Crippen LogP contribution < -0.4 is 5.73 Å². The maximum atomic E-state index is 10.9. The summed E-state index contributed by atoms with van der Waals surface area (Å²) in [7, 11) is -2.94. The highest BCUT2D eigenvalue weighted by Crippen LogP contribution is 2.15. The number of ether oxygens (including phenoxy) is 1. The Morgan fingerprint density at radius 2 is 1.95 bits per heavy atom. The zero-order chi connectivity index (χ0) is 14.3. The maximum Gasteiger partial charge on any atom is 0.191 e. The zero-order valence-corrected chi connectivity index (χ0v) is 15.4. The highest BCUT2D eigenvalue weighted by Gasteiger charge is 2.16. The van der Waals surface area contributed by atoms with Crippen molar-refractivity contribution in [2.75, 3.05) is 44.9 Å². The number of hydrogen-bond acceptors (Lipinski definition) is 4. The van der Waals surface area contributed by atoms with Crippen LogP contribution >= 0.6 is 24.0 Å². The van der Waals surface area contributed by atoms with E-state index in [0.29, 0.717) is 19.1 Å². The third kappa shape index (κ3) is 8.96. The van der Waals surface area contributed by atoms with Crippen LogP contribution in [-0.2, 0) is 14.6 Å². The Bertz CT molecular complexity index is 393. The minimum atomic E-state index is -2.94. The topological polar surface area (TPSA) is 85.0 Å². The predicted molar refractivity (Wildman–Crippen MR) is 92.4 cm³/mol. The van der Waals surface area contributed by atoms with Crippen molar-refractivity contribution in [2.45, 2.75) is 19.8 Å². The maximum absolute atomic E-state index is 10.9. The first-order valence-corrected chi connectivity index (χ1v) is 8.75. The van der Waals surface area contributed by atoms with Crippen molar-refractivity contribution in [2.24, 2.45) is 16.6 Å². The highest BCUT2D eigenvalue weighted by atomic mass is 127. The van der Waals surface area contributed by atoms with E-state index in [-0.39, 0.29) is 36.3 Å². The number of rotatable bonds is 6. The largest absolute Gasteiger partial charge is 0.378 e. The van der Waals surface area contributed by atoms with Gasteiger partial charge in [0, 0.05) is 19.3 Å². The standard InChI is InChI=1S/C12H25N3O3S.HI/c1-11-3-6-15(7-4-11)12(13)14-5-8-18-9-10-19(2,16)17;/h11H,3-10H2,1-2H3,(H2,13,14);1H. The van der Waals surface area contributed by atoms with Gasteiger partial charge in [0.15, 0.2) is 5.96 Å². The fraction of sp³-hybridized carbons (Fsp3) is 0.917. The molecule has 1 saturated heterocycles. The number of hydrogen-bond donors (Lipinski definition) is 1. The molecule has 0 spiro atoms. The molecular formula is C12H26IN3O3S. The van der Waals surface area contributed by atoms with Crippen LogP contribution in [0.4, 0.5) is 0 Å². The second-order valence-electron chi connectivity index (χ2n) is 5.15. The number of sulfone groups is 1. The van der Waals surface area contributed by atoms with Crippen molar-refractivity contribution >= 4 is 39.8 Å². The Hall–Kier alpha value is -0.0900. The van der Waals surface area contributed by atoms with Crippen LogP contribution in [0.5, 0.6) is 0 Å². The van der Waals surface area contributed by atoms with Crippen molar-refractivity contribution in [3.63, 3.8) is 0 Å². The fourth-order valence-corrected chi connectivity index (χ4v) is 2.30. The van der Waals surface area contributed by atoms with Gasteiger partial charge in [0.05, 0.1) is 25.5 Å². The normalized spacial score (nSPS) is 17.9. The molecule has 0 aliphatic carbocycles. The average Bonchev–Trinajstić information content (AvgIpc) is 2.33. The Labute approximate surface area is 139 Å². The summed E-state index contributed by atoms with van der Waals surface area (Å²) in [5.74, 6) is 1.39. The molecule has 0 atom stereocenters. The van der Waals surface area contributed by atoms with Gasteiger partial charge >= 0.3 is 0 Å². The van der Waals surface area contributed by atoms with E-state index in [1.165, 1.54) is 6.26 Å². The lowest BCUT2D eigenvalue weighted by Crippen LogP contribution is -2.42. The molecule has 0 bridgehead atoms. The number of nitrogens with zero attached hydrogens (tertiary/aromatic N) is 2. The van der Waals surface area contributed by atoms with Crippen molar-refractivity contribution in [3.8, 4) is 0 Å². The summed E-state index contributed by atoms with van der Waals surface area (Å²) in [6.45, 7) is 5.27. The lowest BCUT2D eigenvalue weighted by Gasteiger charge is -2.31. The van der Waals surface area contributed by atoms with E-state index in [0.717, 1.165) is 31.8 Å². The molecule has 0 unspecified atom stereocenters. The molecule has 1 heterocycles. The summed E-state index contributed by atoms with van der Waals surface area (Å²) in [5.41, 5.74) is 5.90. The van der Waals surface area contributed by atoms with Crippen LogP contribution in [-0.4, -0.2) is 64.1 Å². The number of nitrogens with two attached hydrogens (primary N) is 1. The van der Waals surface area contributed by atoms with Crippen LogP contribution in [0, 0.1) is 5.92 Å². The number of halogens is 1. The molecule has 1 aliphatic rings. The molecule has 0 aromatic rings. The van der Waals surface area contributed by atoms with E-state index in [1.807, 2.05) is 0 Å².